The third-order valence-corrected chi connectivity index (χ3v) is 3.47. The van der Waals surface area contributed by atoms with Gasteiger partial charge in [-0.1, -0.05) is 6.92 Å². The van der Waals surface area contributed by atoms with Gasteiger partial charge in [0.15, 0.2) is 0 Å². The molecule has 5 nitrogen and oxygen atoms in total. The minimum absolute atomic E-state index is 0.230. The molecule has 0 saturated carbocycles. The van der Waals surface area contributed by atoms with Crippen molar-refractivity contribution in [3.63, 3.8) is 0 Å². The van der Waals surface area contributed by atoms with Gasteiger partial charge < -0.3 is 11.1 Å². The molecule has 0 fully saturated rings. The van der Waals surface area contributed by atoms with Gasteiger partial charge in [-0.2, -0.15) is 0 Å². The Kier molecular flexibility index (Phi) is 3.88. The summed E-state index contributed by atoms with van der Waals surface area (Å²) >= 11 is 1.60. The van der Waals surface area contributed by atoms with E-state index in [4.69, 9.17) is 5.73 Å². The molecule has 2 aromatic rings. The zero-order valence-electron chi connectivity index (χ0n) is 10.0. The molecule has 2 aromatic heterocycles. The molecule has 0 aliphatic rings. The van der Waals surface area contributed by atoms with Crippen LogP contribution in [-0.4, -0.2) is 15.9 Å². The van der Waals surface area contributed by atoms with Crippen molar-refractivity contribution in [2.45, 2.75) is 19.9 Å². The van der Waals surface area contributed by atoms with Crippen molar-refractivity contribution < 1.29 is 4.79 Å². The zero-order valence-corrected chi connectivity index (χ0v) is 10.8. The van der Waals surface area contributed by atoms with E-state index in [-0.39, 0.29) is 5.91 Å². The van der Waals surface area contributed by atoms with Crippen LogP contribution in [0.3, 0.4) is 0 Å². The maximum absolute atomic E-state index is 11.9. The Hall–Kier alpha value is -1.95. The Labute approximate surface area is 109 Å². The third kappa shape index (κ3) is 2.84. The molecule has 1 amide bonds. The first-order valence-corrected chi connectivity index (χ1v) is 6.49. The summed E-state index contributed by atoms with van der Waals surface area (Å²) in [5, 5.41) is 5.80. The SMILES string of the molecule is CCc1nc(CNC(=O)c2cnccc2N)cs1. The number of nitrogens with zero attached hydrogens (tertiary/aromatic N) is 2. The number of nitrogen functional groups attached to an aromatic ring is 1. The summed E-state index contributed by atoms with van der Waals surface area (Å²) in [5.74, 6) is -0.230. The number of nitrogens with two attached hydrogens (primary N) is 1. The Morgan fingerprint density at radius 2 is 2.39 bits per heavy atom. The number of thiazole rings is 1. The summed E-state index contributed by atoms with van der Waals surface area (Å²) in [4.78, 5) is 20.1. The number of hydrogen-bond acceptors (Lipinski definition) is 5. The fraction of sp³-hybridized carbons (Fsp3) is 0.250. The van der Waals surface area contributed by atoms with E-state index >= 15 is 0 Å². The number of hydrogen-bond donors (Lipinski definition) is 2. The summed E-state index contributed by atoms with van der Waals surface area (Å²) in [7, 11) is 0. The number of aromatic nitrogens is 2. The molecule has 0 aromatic carbocycles. The number of anilines is 1. The van der Waals surface area contributed by atoms with Crippen LogP contribution in [0, 0.1) is 0 Å². The summed E-state index contributed by atoms with van der Waals surface area (Å²) < 4.78 is 0. The Balaban J connectivity index is 1.98. The fourth-order valence-corrected chi connectivity index (χ4v) is 2.20. The van der Waals surface area contributed by atoms with Crippen LogP contribution in [0.2, 0.25) is 0 Å². The normalized spacial score (nSPS) is 10.3. The second-order valence-corrected chi connectivity index (χ2v) is 4.67. The number of pyridine rings is 1. The second-order valence-electron chi connectivity index (χ2n) is 3.73. The highest BCUT2D eigenvalue weighted by Crippen LogP contribution is 2.11. The molecular formula is C12H14N4OS. The Morgan fingerprint density at radius 1 is 1.56 bits per heavy atom. The number of carbonyl (C=O) groups is 1. The van der Waals surface area contributed by atoms with Gasteiger partial charge in [0.25, 0.3) is 5.91 Å². The van der Waals surface area contributed by atoms with Gasteiger partial charge >= 0.3 is 0 Å². The van der Waals surface area contributed by atoms with Crippen LogP contribution in [0.25, 0.3) is 0 Å². The van der Waals surface area contributed by atoms with Gasteiger partial charge in [0.1, 0.15) is 0 Å². The van der Waals surface area contributed by atoms with Crippen molar-refractivity contribution in [3.8, 4) is 0 Å². The predicted octanol–water partition coefficient (Wildman–Crippen LogP) is 1.61. The first-order chi connectivity index (χ1) is 8.70. The monoisotopic (exact) mass is 262 g/mol. The van der Waals surface area contributed by atoms with Crippen molar-refractivity contribution in [3.05, 3.63) is 40.1 Å². The van der Waals surface area contributed by atoms with Crippen molar-refractivity contribution in [1.82, 2.24) is 15.3 Å². The van der Waals surface area contributed by atoms with E-state index < -0.39 is 0 Å². The molecule has 0 unspecified atom stereocenters. The number of carbonyl (C=O) groups excluding carboxylic acids is 1. The van der Waals surface area contributed by atoms with Crippen LogP contribution in [0.1, 0.15) is 28.0 Å². The van der Waals surface area contributed by atoms with Gasteiger partial charge in [0, 0.05) is 23.5 Å². The summed E-state index contributed by atoms with van der Waals surface area (Å²) in [6, 6.07) is 1.60. The molecule has 0 bridgehead atoms. The molecule has 0 radical (unpaired) electrons. The molecule has 6 heteroatoms. The maximum Gasteiger partial charge on any atom is 0.255 e. The third-order valence-electron chi connectivity index (χ3n) is 2.43. The number of amides is 1. The van der Waals surface area contributed by atoms with E-state index in [2.05, 4.69) is 22.2 Å². The smallest absolute Gasteiger partial charge is 0.255 e. The second kappa shape index (κ2) is 5.59. The topological polar surface area (TPSA) is 80.9 Å². The molecule has 0 spiro atoms. The lowest BCUT2D eigenvalue weighted by molar-refractivity contribution is 0.0951. The number of rotatable bonds is 4. The molecule has 0 aliphatic heterocycles. The fourth-order valence-electron chi connectivity index (χ4n) is 1.45. The van der Waals surface area contributed by atoms with Gasteiger partial charge in [-0.25, -0.2) is 4.98 Å². The lowest BCUT2D eigenvalue weighted by atomic mass is 10.2. The van der Waals surface area contributed by atoms with Gasteiger partial charge in [0.05, 0.1) is 22.8 Å². The first-order valence-electron chi connectivity index (χ1n) is 5.61. The Bertz CT molecular complexity index is 553. The highest BCUT2D eigenvalue weighted by atomic mass is 32.1. The molecular weight excluding hydrogens is 248 g/mol. The van der Waals surface area contributed by atoms with Gasteiger partial charge in [-0.3, -0.25) is 9.78 Å². The molecule has 2 heterocycles. The average Bonchev–Trinajstić information content (AvgIpc) is 2.84. The minimum Gasteiger partial charge on any atom is -0.398 e. The molecule has 0 aliphatic carbocycles. The van der Waals surface area contributed by atoms with Crippen molar-refractivity contribution in [2.75, 3.05) is 5.73 Å². The van der Waals surface area contributed by atoms with Gasteiger partial charge in [-0.15, -0.1) is 11.3 Å². The summed E-state index contributed by atoms with van der Waals surface area (Å²) in [6.07, 6.45) is 3.93. The van der Waals surface area contributed by atoms with E-state index in [1.807, 2.05) is 5.38 Å². The largest absolute Gasteiger partial charge is 0.398 e. The van der Waals surface area contributed by atoms with Gasteiger partial charge in [-0.05, 0) is 12.5 Å². The molecule has 18 heavy (non-hydrogen) atoms. The summed E-state index contributed by atoms with van der Waals surface area (Å²) in [6.45, 7) is 2.46. The van der Waals surface area contributed by atoms with Crippen molar-refractivity contribution in [2.24, 2.45) is 0 Å². The van der Waals surface area contributed by atoms with Crippen LogP contribution in [-0.2, 0) is 13.0 Å². The quantitative estimate of drug-likeness (QED) is 0.877. The van der Waals surface area contributed by atoms with Crippen molar-refractivity contribution >= 4 is 22.9 Å². The zero-order chi connectivity index (χ0) is 13.0. The Morgan fingerprint density at radius 3 is 3.06 bits per heavy atom. The molecule has 2 rings (SSSR count). The maximum atomic E-state index is 11.9. The van der Waals surface area contributed by atoms with Gasteiger partial charge in [0.2, 0.25) is 0 Å². The molecule has 0 saturated heterocycles. The average molecular weight is 262 g/mol. The number of nitrogens with one attached hydrogen (secondary N) is 1. The van der Waals surface area contributed by atoms with Crippen molar-refractivity contribution in [1.29, 1.82) is 0 Å². The predicted molar refractivity (Wildman–Crippen MR) is 71.3 cm³/mol. The van der Waals surface area contributed by atoms with E-state index in [0.29, 0.717) is 17.8 Å². The van der Waals surface area contributed by atoms with Crippen LogP contribution in [0.5, 0.6) is 0 Å². The van der Waals surface area contributed by atoms with Crippen LogP contribution >= 0.6 is 11.3 Å². The minimum atomic E-state index is -0.230. The summed E-state index contributed by atoms with van der Waals surface area (Å²) in [5.41, 5.74) is 7.39. The molecule has 0 atom stereocenters. The van der Waals surface area contributed by atoms with Crippen LogP contribution in [0.15, 0.2) is 23.8 Å². The standard InChI is InChI=1S/C12H14N4OS/c1-2-11-16-8(7-18-11)5-15-12(17)9-6-14-4-3-10(9)13/h3-4,6-7H,2,5H2,1H3,(H2,13,14)(H,15,17). The molecule has 94 valence electrons. The van der Waals surface area contributed by atoms with Crippen LogP contribution in [0.4, 0.5) is 5.69 Å². The highest BCUT2D eigenvalue weighted by molar-refractivity contribution is 7.09. The van der Waals surface area contributed by atoms with Crippen LogP contribution < -0.4 is 11.1 Å². The first kappa shape index (κ1) is 12.5. The van der Waals surface area contributed by atoms with E-state index in [9.17, 15) is 4.79 Å². The van der Waals surface area contributed by atoms with E-state index in [1.54, 1.807) is 23.6 Å². The lowest BCUT2D eigenvalue weighted by Gasteiger charge is -2.05. The highest BCUT2D eigenvalue weighted by Gasteiger charge is 2.09. The lowest BCUT2D eigenvalue weighted by Crippen LogP contribution is -2.24. The molecule has 3 N–H and O–H groups in total. The van der Waals surface area contributed by atoms with E-state index in [1.165, 1.54) is 6.20 Å². The van der Waals surface area contributed by atoms with E-state index in [0.717, 1.165) is 17.1 Å². The number of aryl methyl sites for hydroxylation is 1.